The quantitative estimate of drug-likeness (QED) is 0.892. The normalized spacial score (nSPS) is 20.8. The minimum absolute atomic E-state index is 0.139. The van der Waals surface area contributed by atoms with E-state index >= 15 is 0 Å². The number of piperazine rings is 1. The van der Waals surface area contributed by atoms with Gasteiger partial charge in [0.2, 0.25) is 5.43 Å². The van der Waals surface area contributed by atoms with Gasteiger partial charge in [-0.15, -0.1) is 0 Å². The number of pyridine rings is 1. The van der Waals surface area contributed by atoms with E-state index in [1.165, 1.54) is 6.20 Å². The van der Waals surface area contributed by atoms with Crippen LogP contribution in [0.1, 0.15) is 42.6 Å². The largest absolute Gasteiger partial charge is 0.477 e. The molecule has 4 rings (SSSR count). The molecule has 1 atom stereocenters. The highest BCUT2D eigenvalue weighted by Gasteiger charge is 2.27. The Morgan fingerprint density at radius 2 is 2.16 bits per heavy atom. The molecule has 1 saturated carbocycles. The summed E-state index contributed by atoms with van der Waals surface area (Å²) in [7, 11) is 0. The van der Waals surface area contributed by atoms with Crippen LogP contribution in [0.4, 0.5) is 5.69 Å². The summed E-state index contributed by atoms with van der Waals surface area (Å²) in [6.45, 7) is 5.01. The fourth-order valence-corrected chi connectivity index (χ4v) is 3.68. The Bertz CT molecular complexity index is 885. The van der Waals surface area contributed by atoms with E-state index < -0.39 is 11.4 Å². The molecule has 0 radical (unpaired) electrons. The number of aromatic nitrogens is 1. The molecule has 2 N–H and O–H groups in total. The van der Waals surface area contributed by atoms with E-state index in [0.29, 0.717) is 17.5 Å². The molecule has 1 aliphatic carbocycles. The van der Waals surface area contributed by atoms with Crippen LogP contribution in [0.3, 0.4) is 0 Å². The first-order valence-electron chi connectivity index (χ1n) is 8.99. The summed E-state index contributed by atoms with van der Waals surface area (Å²) in [6, 6.07) is 6.58. The second-order valence-electron chi connectivity index (χ2n) is 7.02. The standard InChI is InChI=1S/C19H23N3O3/c1-2-12-10-21(8-7-20-12)14-5-6-15-17(9-14)22(13-3-4-13)11-16(18(15)23)19(24)25/h5-6,9,11-13,20H,2-4,7-8,10H2,1H3,(H,24,25). The maximum Gasteiger partial charge on any atom is 0.341 e. The van der Waals surface area contributed by atoms with Crippen molar-refractivity contribution in [3.63, 3.8) is 0 Å². The van der Waals surface area contributed by atoms with E-state index in [-0.39, 0.29) is 5.56 Å². The Hall–Kier alpha value is -2.34. The number of carbonyl (C=O) groups is 1. The van der Waals surface area contributed by atoms with Crippen LogP contribution in [-0.2, 0) is 0 Å². The van der Waals surface area contributed by atoms with Gasteiger partial charge in [-0.3, -0.25) is 4.79 Å². The number of aromatic carboxylic acids is 1. The number of rotatable bonds is 4. The molecule has 2 aliphatic rings. The molecule has 1 aliphatic heterocycles. The van der Waals surface area contributed by atoms with Crippen LogP contribution in [0.5, 0.6) is 0 Å². The van der Waals surface area contributed by atoms with Crippen LogP contribution in [0.25, 0.3) is 10.9 Å². The average Bonchev–Trinajstić information content (AvgIpc) is 3.46. The molecule has 2 fully saturated rings. The van der Waals surface area contributed by atoms with Crippen molar-refractivity contribution in [3.8, 4) is 0 Å². The molecule has 6 heteroatoms. The van der Waals surface area contributed by atoms with Crippen molar-refractivity contribution < 1.29 is 9.90 Å². The van der Waals surface area contributed by atoms with Crippen molar-refractivity contribution in [1.29, 1.82) is 0 Å². The number of hydrogen-bond donors (Lipinski definition) is 2. The molecule has 25 heavy (non-hydrogen) atoms. The van der Waals surface area contributed by atoms with Crippen LogP contribution >= 0.6 is 0 Å². The van der Waals surface area contributed by atoms with Gasteiger partial charge in [0.1, 0.15) is 5.56 Å². The summed E-state index contributed by atoms with van der Waals surface area (Å²) in [5, 5.41) is 13.3. The lowest BCUT2D eigenvalue weighted by atomic mass is 10.1. The summed E-state index contributed by atoms with van der Waals surface area (Å²) in [4.78, 5) is 26.3. The Morgan fingerprint density at radius 3 is 2.84 bits per heavy atom. The summed E-state index contributed by atoms with van der Waals surface area (Å²) in [6.07, 6.45) is 4.68. The average molecular weight is 341 g/mol. The summed E-state index contributed by atoms with van der Waals surface area (Å²) < 4.78 is 1.99. The van der Waals surface area contributed by atoms with E-state index in [0.717, 1.165) is 50.1 Å². The monoisotopic (exact) mass is 341 g/mol. The van der Waals surface area contributed by atoms with Crippen molar-refractivity contribution in [2.75, 3.05) is 24.5 Å². The molecule has 0 bridgehead atoms. The maximum absolute atomic E-state index is 12.5. The van der Waals surface area contributed by atoms with Gasteiger partial charge in [-0.2, -0.15) is 0 Å². The van der Waals surface area contributed by atoms with Gasteiger partial charge in [0.15, 0.2) is 0 Å². The number of anilines is 1. The van der Waals surface area contributed by atoms with Gasteiger partial charge in [0.05, 0.1) is 5.52 Å². The molecule has 1 unspecified atom stereocenters. The van der Waals surface area contributed by atoms with Crippen molar-refractivity contribution >= 4 is 22.6 Å². The summed E-state index contributed by atoms with van der Waals surface area (Å²) >= 11 is 0. The Morgan fingerprint density at radius 1 is 1.36 bits per heavy atom. The molecule has 1 saturated heterocycles. The second kappa shape index (κ2) is 6.19. The first kappa shape index (κ1) is 16.1. The first-order valence-corrected chi connectivity index (χ1v) is 8.99. The van der Waals surface area contributed by atoms with Crippen molar-refractivity contribution in [1.82, 2.24) is 9.88 Å². The lowest BCUT2D eigenvalue weighted by Crippen LogP contribution is -2.50. The predicted octanol–water partition coefficient (Wildman–Crippen LogP) is 2.22. The van der Waals surface area contributed by atoms with Crippen LogP contribution in [0.15, 0.2) is 29.2 Å². The van der Waals surface area contributed by atoms with Crippen LogP contribution in [-0.4, -0.2) is 41.3 Å². The number of fused-ring (bicyclic) bond motifs is 1. The summed E-state index contributed by atoms with van der Waals surface area (Å²) in [5.74, 6) is -1.15. The Balaban J connectivity index is 1.82. The minimum atomic E-state index is -1.15. The summed E-state index contributed by atoms with van der Waals surface area (Å²) in [5.41, 5.74) is 1.42. The molecule has 1 aromatic heterocycles. The number of nitrogens with one attached hydrogen (secondary N) is 1. The number of benzene rings is 1. The number of hydrogen-bond acceptors (Lipinski definition) is 4. The Labute approximate surface area is 146 Å². The van der Waals surface area contributed by atoms with Gasteiger partial charge in [-0.1, -0.05) is 6.92 Å². The van der Waals surface area contributed by atoms with E-state index in [4.69, 9.17) is 0 Å². The molecule has 0 amide bonds. The van der Waals surface area contributed by atoms with E-state index in [1.807, 2.05) is 10.6 Å². The minimum Gasteiger partial charge on any atom is -0.477 e. The molecular weight excluding hydrogens is 318 g/mol. The third kappa shape index (κ3) is 2.91. The fourth-order valence-electron chi connectivity index (χ4n) is 3.68. The van der Waals surface area contributed by atoms with Crippen LogP contribution in [0, 0.1) is 0 Å². The molecular formula is C19H23N3O3. The zero-order valence-electron chi connectivity index (χ0n) is 14.4. The number of nitrogens with zero attached hydrogens (tertiary/aromatic N) is 2. The van der Waals surface area contributed by atoms with Crippen molar-refractivity contribution in [2.45, 2.75) is 38.3 Å². The van der Waals surface area contributed by atoms with Crippen molar-refractivity contribution in [2.24, 2.45) is 0 Å². The molecule has 1 aromatic carbocycles. The molecule has 2 heterocycles. The lowest BCUT2D eigenvalue weighted by Gasteiger charge is -2.35. The maximum atomic E-state index is 12.5. The van der Waals surface area contributed by atoms with Gasteiger partial charge >= 0.3 is 5.97 Å². The van der Waals surface area contributed by atoms with Crippen LogP contribution < -0.4 is 15.6 Å². The van der Waals surface area contributed by atoms with Gasteiger partial charge in [0, 0.05) is 49.0 Å². The lowest BCUT2D eigenvalue weighted by molar-refractivity contribution is 0.0695. The zero-order chi connectivity index (χ0) is 17.6. The highest BCUT2D eigenvalue weighted by atomic mass is 16.4. The van der Waals surface area contributed by atoms with Crippen LogP contribution in [0.2, 0.25) is 0 Å². The SMILES string of the molecule is CCC1CN(c2ccc3c(=O)c(C(=O)O)cn(C4CC4)c3c2)CCN1. The molecule has 6 nitrogen and oxygen atoms in total. The molecule has 2 aromatic rings. The third-order valence-corrected chi connectivity index (χ3v) is 5.30. The second-order valence-corrected chi connectivity index (χ2v) is 7.02. The van der Waals surface area contributed by atoms with Crippen molar-refractivity contribution in [3.05, 3.63) is 40.2 Å². The molecule has 132 valence electrons. The van der Waals surface area contributed by atoms with E-state index in [9.17, 15) is 14.7 Å². The smallest absolute Gasteiger partial charge is 0.341 e. The third-order valence-electron chi connectivity index (χ3n) is 5.30. The van der Waals surface area contributed by atoms with Gasteiger partial charge in [0.25, 0.3) is 0 Å². The highest BCUT2D eigenvalue weighted by molar-refractivity contribution is 5.93. The van der Waals surface area contributed by atoms with E-state index in [1.54, 1.807) is 6.07 Å². The Kier molecular flexibility index (Phi) is 4.00. The number of carboxylic acids is 1. The first-order chi connectivity index (χ1) is 12.1. The number of carboxylic acid groups (broad SMARTS) is 1. The van der Waals surface area contributed by atoms with Gasteiger partial charge < -0.3 is 19.9 Å². The highest BCUT2D eigenvalue weighted by Crippen LogP contribution is 2.37. The van der Waals surface area contributed by atoms with Gasteiger partial charge in [-0.05, 0) is 37.5 Å². The van der Waals surface area contributed by atoms with Gasteiger partial charge in [-0.25, -0.2) is 4.79 Å². The van der Waals surface area contributed by atoms with E-state index in [2.05, 4.69) is 23.2 Å². The predicted molar refractivity (Wildman–Crippen MR) is 97.7 cm³/mol. The zero-order valence-corrected chi connectivity index (χ0v) is 14.4. The topological polar surface area (TPSA) is 74.6 Å². The molecule has 0 spiro atoms. The fraction of sp³-hybridized carbons (Fsp3) is 0.474.